The summed E-state index contributed by atoms with van der Waals surface area (Å²) in [4.78, 5) is 26.2. The molecule has 7 heteroatoms. The number of carbonyl (C=O) groups excluding carboxylic acids is 2. The van der Waals surface area contributed by atoms with Crippen LogP contribution in [0.2, 0.25) is 0 Å². The van der Waals surface area contributed by atoms with Crippen molar-refractivity contribution in [3.05, 3.63) is 64.8 Å². The molecule has 4 rings (SSSR count). The Morgan fingerprint density at radius 3 is 2.70 bits per heavy atom. The van der Waals surface area contributed by atoms with Gasteiger partial charge in [0.2, 0.25) is 5.91 Å². The van der Waals surface area contributed by atoms with Crippen LogP contribution in [0.25, 0.3) is 11.3 Å². The molecule has 1 aromatic heterocycles. The zero-order valence-electron chi connectivity index (χ0n) is 14.4. The van der Waals surface area contributed by atoms with E-state index in [0.29, 0.717) is 30.0 Å². The predicted octanol–water partition coefficient (Wildman–Crippen LogP) is 4.22. The lowest BCUT2D eigenvalue weighted by atomic mass is 10.1. The van der Waals surface area contributed by atoms with Crippen molar-refractivity contribution in [2.75, 3.05) is 16.8 Å². The topological polar surface area (TPSA) is 78.1 Å². The molecule has 1 aliphatic heterocycles. The van der Waals surface area contributed by atoms with Crippen LogP contribution >= 0.6 is 15.9 Å². The third kappa shape index (κ3) is 3.78. The van der Waals surface area contributed by atoms with Gasteiger partial charge in [-0.25, -0.2) is 0 Å². The van der Waals surface area contributed by atoms with Crippen molar-refractivity contribution in [1.82, 2.24) is 10.2 Å². The van der Waals surface area contributed by atoms with Crippen molar-refractivity contribution in [3.8, 4) is 11.3 Å². The summed E-state index contributed by atoms with van der Waals surface area (Å²) in [6, 6.07) is 16.7. The van der Waals surface area contributed by atoms with Gasteiger partial charge in [0.1, 0.15) is 5.69 Å². The lowest BCUT2D eigenvalue weighted by molar-refractivity contribution is -0.117. The predicted molar refractivity (Wildman–Crippen MR) is 108 cm³/mol. The number of halogens is 1. The molecule has 27 heavy (non-hydrogen) atoms. The molecular formula is C20H17BrN4O2. The molecule has 0 bridgehead atoms. The Balaban J connectivity index is 1.50. The number of nitrogens with zero attached hydrogens (tertiary/aromatic N) is 2. The third-order valence-corrected chi connectivity index (χ3v) is 4.98. The van der Waals surface area contributed by atoms with Crippen LogP contribution < -0.4 is 10.2 Å². The molecule has 2 amide bonds. The molecule has 0 unspecified atom stereocenters. The van der Waals surface area contributed by atoms with Crippen LogP contribution in [0, 0.1) is 0 Å². The fourth-order valence-corrected chi connectivity index (χ4v) is 3.34. The van der Waals surface area contributed by atoms with Gasteiger partial charge in [-0.1, -0.05) is 34.1 Å². The Kier molecular flexibility index (Phi) is 4.77. The molecule has 3 aromatic rings. The Bertz CT molecular complexity index is 997. The molecule has 136 valence electrons. The molecule has 0 radical (unpaired) electrons. The van der Waals surface area contributed by atoms with E-state index in [-0.39, 0.29) is 11.8 Å². The monoisotopic (exact) mass is 424 g/mol. The summed E-state index contributed by atoms with van der Waals surface area (Å²) in [6.07, 6.45) is 1.44. The van der Waals surface area contributed by atoms with Crippen molar-refractivity contribution in [1.29, 1.82) is 0 Å². The van der Waals surface area contributed by atoms with E-state index in [9.17, 15) is 9.59 Å². The highest BCUT2D eigenvalue weighted by molar-refractivity contribution is 9.10. The van der Waals surface area contributed by atoms with Crippen molar-refractivity contribution in [3.63, 3.8) is 0 Å². The number of nitrogens with one attached hydrogen (secondary N) is 2. The van der Waals surface area contributed by atoms with Gasteiger partial charge in [0.15, 0.2) is 0 Å². The first kappa shape index (κ1) is 17.5. The minimum atomic E-state index is -0.282. The van der Waals surface area contributed by atoms with E-state index in [1.807, 2.05) is 42.5 Å². The second-order valence-corrected chi connectivity index (χ2v) is 7.24. The summed E-state index contributed by atoms with van der Waals surface area (Å²) < 4.78 is 0.983. The molecule has 2 N–H and O–H groups in total. The minimum absolute atomic E-state index is 0.117. The fraction of sp³-hybridized carbons (Fsp3) is 0.150. The fourth-order valence-electron chi connectivity index (χ4n) is 3.08. The number of H-pyrrole nitrogens is 1. The number of rotatable bonds is 4. The summed E-state index contributed by atoms with van der Waals surface area (Å²) in [5, 5.41) is 9.85. The van der Waals surface area contributed by atoms with E-state index in [0.717, 1.165) is 22.1 Å². The largest absolute Gasteiger partial charge is 0.321 e. The van der Waals surface area contributed by atoms with Gasteiger partial charge in [-0.2, -0.15) is 5.10 Å². The van der Waals surface area contributed by atoms with E-state index in [1.54, 1.807) is 17.0 Å². The van der Waals surface area contributed by atoms with Crippen molar-refractivity contribution < 1.29 is 9.59 Å². The number of aromatic amines is 1. The number of hydrogen-bond acceptors (Lipinski definition) is 3. The van der Waals surface area contributed by atoms with E-state index in [1.165, 1.54) is 0 Å². The maximum absolute atomic E-state index is 12.5. The van der Waals surface area contributed by atoms with Gasteiger partial charge < -0.3 is 10.2 Å². The van der Waals surface area contributed by atoms with Crippen molar-refractivity contribution in [2.45, 2.75) is 12.8 Å². The summed E-state index contributed by atoms with van der Waals surface area (Å²) in [5.41, 5.74) is 3.43. The zero-order chi connectivity index (χ0) is 18.8. The lowest BCUT2D eigenvalue weighted by Crippen LogP contribution is -2.23. The molecule has 1 aliphatic rings. The first-order chi connectivity index (χ1) is 13.1. The van der Waals surface area contributed by atoms with Crippen LogP contribution in [-0.4, -0.2) is 28.6 Å². The molecule has 6 nitrogen and oxygen atoms in total. The van der Waals surface area contributed by atoms with Crippen LogP contribution in [0.15, 0.2) is 59.1 Å². The number of benzene rings is 2. The highest BCUT2D eigenvalue weighted by Crippen LogP contribution is 2.25. The average molecular weight is 425 g/mol. The van der Waals surface area contributed by atoms with E-state index < -0.39 is 0 Å². The average Bonchev–Trinajstić information content (AvgIpc) is 3.32. The van der Waals surface area contributed by atoms with Crippen LogP contribution in [-0.2, 0) is 4.79 Å². The highest BCUT2D eigenvalue weighted by Gasteiger charge is 2.22. The zero-order valence-corrected chi connectivity index (χ0v) is 16.0. The van der Waals surface area contributed by atoms with Crippen LogP contribution in [0.4, 0.5) is 11.4 Å². The Morgan fingerprint density at radius 2 is 1.96 bits per heavy atom. The minimum Gasteiger partial charge on any atom is -0.321 e. The van der Waals surface area contributed by atoms with Gasteiger partial charge in [-0.15, -0.1) is 0 Å². The molecular weight excluding hydrogens is 408 g/mol. The van der Waals surface area contributed by atoms with Crippen LogP contribution in [0.3, 0.4) is 0 Å². The van der Waals surface area contributed by atoms with Gasteiger partial charge >= 0.3 is 0 Å². The van der Waals surface area contributed by atoms with Crippen molar-refractivity contribution >= 4 is 39.1 Å². The van der Waals surface area contributed by atoms with Gasteiger partial charge in [0.25, 0.3) is 5.91 Å². The van der Waals surface area contributed by atoms with Crippen molar-refractivity contribution in [2.24, 2.45) is 0 Å². The maximum atomic E-state index is 12.5. The first-order valence-corrected chi connectivity index (χ1v) is 9.42. The molecule has 0 aliphatic carbocycles. The quantitative estimate of drug-likeness (QED) is 0.657. The molecule has 0 spiro atoms. The SMILES string of the molecule is O=C(Nc1cccc(N2CCCC2=O)c1)c1cc(-c2ccc(Br)cc2)n[nH]1. The summed E-state index contributed by atoms with van der Waals surface area (Å²) >= 11 is 3.40. The molecule has 1 fully saturated rings. The molecule has 2 heterocycles. The number of amides is 2. The lowest BCUT2D eigenvalue weighted by Gasteiger charge is -2.16. The Hall–Kier alpha value is -2.93. The normalized spacial score (nSPS) is 13.8. The van der Waals surface area contributed by atoms with E-state index in [2.05, 4.69) is 31.4 Å². The standard InChI is InChI=1S/C20H17BrN4O2/c21-14-8-6-13(7-9-14)17-12-18(24-23-17)20(27)22-15-3-1-4-16(11-15)25-10-2-5-19(25)26/h1,3-4,6-9,11-12H,2,5,10H2,(H,22,27)(H,23,24). The summed E-state index contributed by atoms with van der Waals surface area (Å²) in [7, 11) is 0. The highest BCUT2D eigenvalue weighted by atomic mass is 79.9. The summed E-state index contributed by atoms with van der Waals surface area (Å²) in [6.45, 7) is 0.716. The Labute approximate surface area is 164 Å². The number of hydrogen-bond donors (Lipinski definition) is 2. The van der Waals surface area contributed by atoms with Crippen LogP contribution in [0.1, 0.15) is 23.3 Å². The number of carbonyl (C=O) groups is 2. The number of aromatic nitrogens is 2. The van der Waals surface area contributed by atoms with Gasteiger partial charge in [-0.3, -0.25) is 14.7 Å². The van der Waals surface area contributed by atoms with Crippen LogP contribution in [0.5, 0.6) is 0 Å². The molecule has 2 aromatic carbocycles. The second kappa shape index (κ2) is 7.36. The maximum Gasteiger partial charge on any atom is 0.273 e. The Morgan fingerprint density at radius 1 is 1.15 bits per heavy atom. The van der Waals surface area contributed by atoms with E-state index >= 15 is 0 Å². The molecule has 0 atom stereocenters. The van der Waals surface area contributed by atoms with Gasteiger partial charge in [0.05, 0.1) is 5.69 Å². The number of anilines is 2. The van der Waals surface area contributed by atoms with Gasteiger partial charge in [0, 0.05) is 34.4 Å². The molecule has 1 saturated heterocycles. The second-order valence-electron chi connectivity index (χ2n) is 6.33. The van der Waals surface area contributed by atoms with E-state index in [4.69, 9.17) is 0 Å². The molecule has 0 saturated carbocycles. The first-order valence-electron chi connectivity index (χ1n) is 8.63. The summed E-state index contributed by atoms with van der Waals surface area (Å²) in [5.74, 6) is -0.165. The van der Waals surface area contributed by atoms with Gasteiger partial charge in [-0.05, 0) is 42.8 Å². The smallest absolute Gasteiger partial charge is 0.273 e. The third-order valence-electron chi connectivity index (χ3n) is 4.45.